The molecule has 2 aromatic rings. The number of imidazole rings is 1. The molecule has 5 nitrogen and oxygen atoms in total. The summed E-state index contributed by atoms with van der Waals surface area (Å²) in [5, 5.41) is 11.1. The Morgan fingerprint density at radius 1 is 1.26 bits per heavy atom. The fraction of sp³-hybridized carbons (Fsp3) is 0.571. The van der Waals surface area contributed by atoms with E-state index in [4.69, 9.17) is 0 Å². The topological polar surface area (TPSA) is 53.7 Å². The maximum Gasteiger partial charge on any atom is 0.233 e. The number of hydrogen-bond donors (Lipinski definition) is 1. The monoisotopic (exact) mass is 258 g/mol. The molecular formula is C14H18N4O. The molecule has 4 rings (SSSR count). The molecule has 0 spiro atoms. The summed E-state index contributed by atoms with van der Waals surface area (Å²) in [5.41, 5.74) is 0.126. The van der Waals surface area contributed by atoms with Gasteiger partial charge in [0.1, 0.15) is 5.60 Å². The van der Waals surface area contributed by atoms with Crippen molar-refractivity contribution in [2.75, 3.05) is 7.05 Å². The molecule has 5 heteroatoms. The zero-order valence-electron chi connectivity index (χ0n) is 11.0. The van der Waals surface area contributed by atoms with Gasteiger partial charge in [0.25, 0.3) is 0 Å². The Hall–Kier alpha value is -1.46. The lowest BCUT2D eigenvalue weighted by molar-refractivity contribution is -0.0529. The molecule has 2 atom stereocenters. The SMILES string of the molecule is CN1C2CCC1CC(O)(c1cnc3ncccn13)C2. The van der Waals surface area contributed by atoms with Gasteiger partial charge in [-0.2, -0.15) is 0 Å². The van der Waals surface area contributed by atoms with Gasteiger partial charge in [-0.1, -0.05) is 0 Å². The van der Waals surface area contributed by atoms with Crippen molar-refractivity contribution in [1.29, 1.82) is 0 Å². The second kappa shape index (κ2) is 3.77. The molecule has 1 N–H and O–H groups in total. The molecule has 4 heterocycles. The lowest BCUT2D eigenvalue weighted by atomic mass is 9.84. The molecule has 2 aliphatic rings. The molecular weight excluding hydrogens is 240 g/mol. The number of piperidine rings is 1. The normalized spacial score (nSPS) is 35.1. The summed E-state index contributed by atoms with van der Waals surface area (Å²) in [7, 11) is 2.18. The van der Waals surface area contributed by atoms with Crippen LogP contribution < -0.4 is 0 Å². The molecule has 2 bridgehead atoms. The predicted octanol–water partition coefficient (Wildman–Crippen LogP) is 1.17. The molecule has 0 aliphatic carbocycles. The summed E-state index contributed by atoms with van der Waals surface area (Å²) < 4.78 is 1.92. The lowest BCUT2D eigenvalue weighted by Gasteiger charge is -2.41. The highest BCUT2D eigenvalue weighted by Crippen LogP contribution is 2.44. The van der Waals surface area contributed by atoms with Crippen molar-refractivity contribution in [1.82, 2.24) is 19.3 Å². The molecule has 100 valence electrons. The van der Waals surface area contributed by atoms with E-state index in [2.05, 4.69) is 21.9 Å². The van der Waals surface area contributed by atoms with Gasteiger partial charge in [-0.05, 0) is 38.8 Å². The molecule has 2 fully saturated rings. The number of nitrogens with zero attached hydrogens (tertiary/aromatic N) is 4. The molecule has 0 saturated carbocycles. The second-order valence-corrected chi connectivity index (χ2v) is 5.92. The third-order valence-corrected chi connectivity index (χ3v) is 4.90. The first kappa shape index (κ1) is 11.4. The van der Waals surface area contributed by atoms with E-state index >= 15 is 0 Å². The number of hydrogen-bond acceptors (Lipinski definition) is 4. The van der Waals surface area contributed by atoms with Gasteiger partial charge >= 0.3 is 0 Å². The van der Waals surface area contributed by atoms with Gasteiger partial charge in [-0.3, -0.25) is 4.40 Å². The van der Waals surface area contributed by atoms with Crippen LogP contribution in [0.25, 0.3) is 5.78 Å². The lowest BCUT2D eigenvalue weighted by Crippen LogP contribution is -2.48. The van der Waals surface area contributed by atoms with Crippen LogP contribution in [0.15, 0.2) is 24.7 Å². The average molecular weight is 258 g/mol. The zero-order valence-corrected chi connectivity index (χ0v) is 11.0. The van der Waals surface area contributed by atoms with Crippen molar-refractivity contribution < 1.29 is 5.11 Å². The van der Waals surface area contributed by atoms with Gasteiger partial charge in [0.2, 0.25) is 5.78 Å². The van der Waals surface area contributed by atoms with E-state index < -0.39 is 5.60 Å². The minimum absolute atomic E-state index is 0.492. The van der Waals surface area contributed by atoms with Crippen molar-refractivity contribution in [3.05, 3.63) is 30.4 Å². The first-order valence-electron chi connectivity index (χ1n) is 6.90. The number of aliphatic hydroxyl groups is 1. The minimum Gasteiger partial charge on any atom is -0.383 e. The summed E-state index contributed by atoms with van der Waals surface area (Å²) in [5.74, 6) is 0.664. The van der Waals surface area contributed by atoms with Crippen LogP contribution in [0.3, 0.4) is 0 Å². The molecule has 2 saturated heterocycles. The molecule has 19 heavy (non-hydrogen) atoms. The Kier molecular flexibility index (Phi) is 2.26. The van der Waals surface area contributed by atoms with Crippen molar-refractivity contribution in [2.45, 2.75) is 43.4 Å². The summed E-state index contributed by atoms with van der Waals surface area (Å²) in [6, 6.07) is 2.86. The second-order valence-electron chi connectivity index (χ2n) is 5.92. The van der Waals surface area contributed by atoms with E-state index in [-0.39, 0.29) is 0 Å². The van der Waals surface area contributed by atoms with E-state index in [1.807, 2.05) is 16.7 Å². The van der Waals surface area contributed by atoms with Gasteiger partial charge in [-0.15, -0.1) is 0 Å². The van der Waals surface area contributed by atoms with Crippen LogP contribution in [0.2, 0.25) is 0 Å². The molecule has 0 aromatic carbocycles. The molecule has 2 aliphatic heterocycles. The van der Waals surface area contributed by atoms with E-state index in [0.29, 0.717) is 17.9 Å². The molecule has 0 radical (unpaired) electrons. The van der Waals surface area contributed by atoms with Crippen LogP contribution in [0, 0.1) is 0 Å². The third kappa shape index (κ3) is 1.55. The van der Waals surface area contributed by atoms with Crippen LogP contribution in [0.1, 0.15) is 31.4 Å². The summed E-state index contributed by atoms with van der Waals surface area (Å²) in [6.07, 6.45) is 9.42. The van der Waals surface area contributed by atoms with Gasteiger partial charge in [0.15, 0.2) is 0 Å². The highest BCUT2D eigenvalue weighted by molar-refractivity contribution is 5.33. The van der Waals surface area contributed by atoms with E-state index in [1.165, 1.54) is 12.8 Å². The Labute approximate surface area is 111 Å². The first-order valence-corrected chi connectivity index (χ1v) is 6.90. The Morgan fingerprint density at radius 3 is 2.74 bits per heavy atom. The number of aromatic nitrogens is 3. The van der Waals surface area contributed by atoms with Crippen LogP contribution in [-0.2, 0) is 5.60 Å². The van der Waals surface area contributed by atoms with Crippen molar-refractivity contribution in [3.63, 3.8) is 0 Å². The van der Waals surface area contributed by atoms with E-state index in [9.17, 15) is 5.11 Å². The highest BCUT2D eigenvalue weighted by Gasteiger charge is 2.48. The zero-order chi connectivity index (χ0) is 13.0. The Morgan fingerprint density at radius 2 is 2.00 bits per heavy atom. The van der Waals surface area contributed by atoms with Crippen molar-refractivity contribution in [3.8, 4) is 0 Å². The van der Waals surface area contributed by atoms with Gasteiger partial charge in [0, 0.05) is 24.5 Å². The van der Waals surface area contributed by atoms with E-state index in [1.54, 1.807) is 12.4 Å². The number of fused-ring (bicyclic) bond motifs is 3. The standard InChI is InChI=1S/C14H18N4O/c1-17-10-3-4-11(17)8-14(19,7-10)12-9-16-13-15-5-2-6-18(12)13/h2,5-6,9-11,19H,3-4,7-8H2,1H3. The average Bonchev–Trinajstić information content (AvgIpc) is 2.92. The van der Waals surface area contributed by atoms with Gasteiger partial charge in [-0.25, -0.2) is 9.97 Å². The van der Waals surface area contributed by atoms with Gasteiger partial charge < -0.3 is 10.0 Å². The van der Waals surface area contributed by atoms with E-state index in [0.717, 1.165) is 18.5 Å². The molecule has 2 aromatic heterocycles. The maximum atomic E-state index is 11.1. The minimum atomic E-state index is -0.763. The van der Waals surface area contributed by atoms with Crippen LogP contribution in [-0.4, -0.2) is 43.5 Å². The Balaban J connectivity index is 1.79. The molecule has 0 amide bonds. The summed E-state index contributed by atoms with van der Waals surface area (Å²) >= 11 is 0. The van der Waals surface area contributed by atoms with Crippen molar-refractivity contribution >= 4 is 5.78 Å². The summed E-state index contributed by atoms with van der Waals surface area (Å²) in [6.45, 7) is 0. The van der Waals surface area contributed by atoms with Gasteiger partial charge in [0.05, 0.1) is 11.9 Å². The predicted molar refractivity (Wildman–Crippen MR) is 70.7 cm³/mol. The van der Waals surface area contributed by atoms with Crippen LogP contribution in [0.4, 0.5) is 0 Å². The fourth-order valence-electron chi connectivity index (χ4n) is 3.83. The fourth-order valence-corrected chi connectivity index (χ4v) is 3.83. The largest absolute Gasteiger partial charge is 0.383 e. The van der Waals surface area contributed by atoms with Crippen LogP contribution in [0.5, 0.6) is 0 Å². The van der Waals surface area contributed by atoms with Crippen molar-refractivity contribution in [2.24, 2.45) is 0 Å². The third-order valence-electron chi connectivity index (χ3n) is 4.90. The maximum absolute atomic E-state index is 11.1. The smallest absolute Gasteiger partial charge is 0.233 e. The van der Waals surface area contributed by atoms with Crippen LogP contribution >= 0.6 is 0 Å². The molecule has 2 unspecified atom stereocenters. The Bertz CT molecular complexity index is 609. The first-order chi connectivity index (χ1) is 9.17. The highest BCUT2D eigenvalue weighted by atomic mass is 16.3. The number of rotatable bonds is 1. The quantitative estimate of drug-likeness (QED) is 0.834. The summed E-state index contributed by atoms with van der Waals surface area (Å²) in [4.78, 5) is 11.0.